The van der Waals surface area contributed by atoms with E-state index in [1.807, 2.05) is 0 Å². The molecule has 172 valence electrons. The highest BCUT2D eigenvalue weighted by atomic mass is 16.8. The van der Waals surface area contributed by atoms with Crippen LogP contribution in [0.3, 0.4) is 0 Å². The Morgan fingerprint density at radius 3 is 1.90 bits per heavy atom. The molecule has 0 aromatic carbocycles. The molecule has 0 bridgehead atoms. The minimum absolute atomic E-state index is 0.149. The van der Waals surface area contributed by atoms with E-state index < -0.39 is 47.9 Å². The number of aliphatic carboxylic acids is 1. The highest BCUT2D eigenvalue weighted by Crippen LogP contribution is 2.39. The van der Waals surface area contributed by atoms with Gasteiger partial charge in [0.2, 0.25) is 0 Å². The zero-order valence-corrected chi connectivity index (χ0v) is 18.9. The number of carbonyl (C=O) groups is 3. The third kappa shape index (κ3) is 6.33. The zero-order valence-electron chi connectivity index (χ0n) is 18.9. The van der Waals surface area contributed by atoms with Crippen LogP contribution in [-0.2, 0) is 33.3 Å². The number of hydrogen-bond acceptors (Lipinski definition) is 7. The van der Waals surface area contributed by atoms with Crippen molar-refractivity contribution in [3.05, 3.63) is 0 Å². The minimum atomic E-state index is -1.07. The van der Waals surface area contributed by atoms with Crippen LogP contribution in [0.4, 0.5) is 0 Å². The highest BCUT2D eigenvalue weighted by Gasteiger charge is 2.56. The Labute approximate surface area is 178 Å². The van der Waals surface area contributed by atoms with Crippen molar-refractivity contribution in [3.8, 4) is 0 Å². The number of unbranched alkanes of at least 4 members (excludes halogenated alkanes) is 3. The number of ether oxygens (including phenoxy) is 4. The molecule has 2 heterocycles. The summed E-state index contributed by atoms with van der Waals surface area (Å²) in [4.78, 5) is 36.9. The summed E-state index contributed by atoms with van der Waals surface area (Å²) < 4.78 is 23.4. The maximum Gasteiger partial charge on any atom is 0.306 e. The number of rotatable bonds is 11. The van der Waals surface area contributed by atoms with Crippen molar-refractivity contribution in [1.29, 1.82) is 0 Å². The standard InChI is InChI=1S/C22H36O8/c1-7-8-9-10-11-14(20(25)26)12-15(24)17-19(30-22(5,6)28-17)18-16(13(2)23)27-21(3,4)29-18/h14,16-19H,7-12H2,1-6H3,(H,25,26)/t14-,16+,17-,18-,19+/m1/s1. The molecule has 0 radical (unpaired) electrons. The van der Waals surface area contributed by atoms with Crippen molar-refractivity contribution in [2.75, 3.05) is 0 Å². The molecule has 0 saturated carbocycles. The fraction of sp³-hybridized carbons (Fsp3) is 0.864. The third-order valence-electron chi connectivity index (χ3n) is 5.50. The van der Waals surface area contributed by atoms with Crippen LogP contribution in [0.25, 0.3) is 0 Å². The second-order valence-corrected chi connectivity index (χ2v) is 9.21. The van der Waals surface area contributed by atoms with Gasteiger partial charge in [0.1, 0.15) is 24.4 Å². The van der Waals surface area contributed by atoms with Gasteiger partial charge in [0.25, 0.3) is 0 Å². The first-order valence-corrected chi connectivity index (χ1v) is 10.8. The van der Waals surface area contributed by atoms with E-state index in [2.05, 4.69) is 6.92 Å². The molecule has 2 fully saturated rings. The lowest BCUT2D eigenvalue weighted by Crippen LogP contribution is -2.47. The normalized spacial score (nSPS) is 30.9. The molecule has 0 spiro atoms. The molecule has 2 aliphatic rings. The summed E-state index contributed by atoms with van der Waals surface area (Å²) in [5.41, 5.74) is 0. The summed E-state index contributed by atoms with van der Waals surface area (Å²) >= 11 is 0. The van der Waals surface area contributed by atoms with E-state index >= 15 is 0 Å². The fourth-order valence-corrected chi connectivity index (χ4v) is 4.11. The molecule has 2 aliphatic heterocycles. The molecule has 0 unspecified atom stereocenters. The Bertz CT molecular complexity index is 641. The maximum atomic E-state index is 13.1. The molecule has 2 rings (SSSR count). The van der Waals surface area contributed by atoms with E-state index in [-0.39, 0.29) is 18.0 Å². The summed E-state index contributed by atoms with van der Waals surface area (Å²) in [5.74, 6) is -4.43. The van der Waals surface area contributed by atoms with Gasteiger partial charge in [-0.2, -0.15) is 0 Å². The second-order valence-electron chi connectivity index (χ2n) is 9.21. The molecular weight excluding hydrogens is 392 g/mol. The quantitative estimate of drug-likeness (QED) is 0.500. The van der Waals surface area contributed by atoms with Crippen molar-refractivity contribution in [2.45, 2.75) is 116 Å². The Hall–Kier alpha value is -1.35. The van der Waals surface area contributed by atoms with Gasteiger partial charge < -0.3 is 24.1 Å². The lowest BCUT2D eigenvalue weighted by atomic mass is 9.90. The van der Waals surface area contributed by atoms with E-state index in [1.54, 1.807) is 27.7 Å². The Balaban J connectivity index is 2.15. The molecule has 1 N–H and O–H groups in total. The first kappa shape index (κ1) is 24.9. The van der Waals surface area contributed by atoms with Crippen LogP contribution < -0.4 is 0 Å². The molecule has 8 heteroatoms. The minimum Gasteiger partial charge on any atom is -0.481 e. The average Bonchev–Trinajstić information content (AvgIpc) is 3.13. The molecule has 0 aliphatic carbocycles. The first-order valence-electron chi connectivity index (χ1n) is 10.8. The monoisotopic (exact) mass is 428 g/mol. The van der Waals surface area contributed by atoms with Gasteiger partial charge >= 0.3 is 5.97 Å². The largest absolute Gasteiger partial charge is 0.481 e. The summed E-state index contributed by atoms with van der Waals surface area (Å²) in [7, 11) is 0. The van der Waals surface area contributed by atoms with E-state index in [9.17, 15) is 19.5 Å². The van der Waals surface area contributed by atoms with Crippen LogP contribution in [-0.4, -0.2) is 58.6 Å². The molecule has 5 atom stereocenters. The topological polar surface area (TPSA) is 108 Å². The third-order valence-corrected chi connectivity index (χ3v) is 5.50. The van der Waals surface area contributed by atoms with Gasteiger partial charge in [-0.25, -0.2) is 0 Å². The second kappa shape index (κ2) is 9.85. The summed E-state index contributed by atoms with van der Waals surface area (Å²) in [6, 6.07) is 0. The predicted octanol–water partition coefficient (Wildman–Crippen LogP) is 3.25. The molecule has 8 nitrogen and oxygen atoms in total. The number of carboxylic acids is 1. The Kier molecular flexibility index (Phi) is 8.18. The first-order chi connectivity index (χ1) is 13.9. The van der Waals surface area contributed by atoms with E-state index in [1.165, 1.54) is 6.92 Å². The smallest absolute Gasteiger partial charge is 0.306 e. The van der Waals surface area contributed by atoms with Gasteiger partial charge in [-0.15, -0.1) is 0 Å². The maximum absolute atomic E-state index is 13.1. The summed E-state index contributed by atoms with van der Waals surface area (Å²) in [5, 5.41) is 9.57. The van der Waals surface area contributed by atoms with Crippen LogP contribution in [0.5, 0.6) is 0 Å². The molecule has 30 heavy (non-hydrogen) atoms. The number of Topliss-reactive ketones (excluding diaryl/α,β-unsaturated/α-hetero) is 2. The lowest BCUT2D eigenvalue weighted by molar-refractivity contribution is -0.175. The number of carbonyl (C=O) groups excluding carboxylic acids is 2. The van der Waals surface area contributed by atoms with Crippen LogP contribution >= 0.6 is 0 Å². The van der Waals surface area contributed by atoms with E-state index in [0.717, 1.165) is 25.7 Å². The average molecular weight is 429 g/mol. The Morgan fingerprint density at radius 2 is 1.40 bits per heavy atom. The summed E-state index contributed by atoms with van der Waals surface area (Å²) in [6.45, 7) is 10.2. The predicted molar refractivity (Wildman–Crippen MR) is 108 cm³/mol. The van der Waals surface area contributed by atoms with Gasteiger partial charge in [-0.1, -0.05) is 32.6 Å². The van der Waals surface area contributed by atoms with Gasteiger partial charge in [-0.05, 0) is 41.0 Å². The number of carboxylic acid groups (broad SMARTS) is 1. The SMILES string of the molecule is CCCCCC[C@H](CC(=O)[C@H]1OC(C)(C)O[C@@H]1[C@@H]1OC(C)(C)O[C@H]1C(C)=O)C(=O)O. The van der Waals surface area contributed by atoms with Crippen LogP contribution in [0.1, 0.15) is 80.1 Å². The van der Waals surface area contributed by atoms with Gasteiger partial charge in [0, 0.05) is 6.42 Å². The molecule has 0 amide bonds. The highest BCUT2D eigenvalue weighted by molar-refractivity contribution is 5.88. The van der Waals surface area contributed by atoms with Crippen molar-refractivity contribution in [3.63, 3.8) is 0 Å². The number of hydrogen-bond donors (Lipinski definition) is 1. The zero-order chi connectivity index (χ0) is 22.7. The molecule has 2 saturated heterocycles. The van der Waals surface area contributed by atoms with E-state index in [0.29, 0.717) is 6.42 Å². The Morgan fingerprint density at radius 1 is 0.867 bits per heavy atom. The van der Waals surface area contributed by atoms with Crippen molar-refractivity contribution in [1.82, 2.24) is 0 Å². The lowest BCUT2D eigenvalue weighted by Gasteiger charge is -2.25. The fourth-order valence-electron chi connectivity index (χ4n) is 4.11. The molecule has 0 aromatic rings. The van der Waals surface area contributed by atoms with Gasteiger partial charge in [0.15, 0.2) is 23.1 Å². The van der Waals surface area contributed by atoms with Crippen LogP contribution in [0.2, 0.25) is 0 Å². The van der Waals surface area contributed by atoms with Crippen molar-refractivity contribution in [2.24, 2.45) is 5.92 Å². The number of ketones is 2. The van der Waals surface area contributed by atoms with Crippen molar-refractivity contribution >= 4 is 17.5 Å². The van der Waals surface area contributed by atoms with Crippen LogP contribution in [0.15, 0.2) is 0 Å². The summed E-state index contributed by atoms with van der Waals surface area (Å²) in [6.07, 6.45) is 0.487. The van der Waals surface area contributed by atoms with E-state index in [4.69, 9.17) is 18.9 Å². The van der Waals surface area contributed by atoms with Crippen LogP contribution in [0, 0.1) is 5.92 Å². The van der Waals surface area contributed by atoms with Crippen molar-refractivity contribution < 1.29 is 38.4 Å². The van der Waals surface area contributed by atoms with Gasteiger partial charge in [-0.3, -0.25) is 14.4 Å². The van der Waals surface area contributed by atoms with Gasteiger partial charge in [0.05, 0.1) is 5.92 Å². The molecule has 0 aromatic heterocycles. The molecular formula is C22H36O8.